The van der Waals surface area contributed by atoms with Crippen LogP contribution in [-0.4, -0.2) is 27.9 Å². The molecule has 20 heavy (non-hydrogen) atoms. The van der Waals surface area contributed by atoms with E-state index in [2.05, 4.69) is 0 Å². The minimum absolute atomic E-state index is 0.0288. The molecular formula is C14H23NO4S. The summed E-state index contributed by atoms with van der Waals surface area (Å²) in [6, 6.07) is 7.60. The summed E-state index contributed by atoms with van der Waals surface area (Å²) in [6.07, 6.45) is 1.69. The number of ether oxygens (including phenoxy) is 2. The van der Waals surface area contributed by atoms with E-state index in [-0.39, 0.29) is 11.7 Å². The van der Waals surface area contributed by atoms with Crippen LogP contribution in [0.1, 0.15) is 25.3 Å². The van der Waals surface area contributed by atoms with Gasteiger partial charge in [0.1, 0.15) is 5.75 Å². The first-order valence-electron chi connectivity index (χ1n) is 6.65. The monoisotopic (exact) mass is 301 g/mol. The SMILES string of the molecule is CCCC(COCc1cccc(OC)c1)CS(N)(=O)=O. The van der Waals surface area contributed by atoms with Crippen molar-refractivity contribution in [3.63, 3.8) is 0 Å². The Morgan fingerprint density at radius 3 is 2.70 bits per heavy atom. The van der Waals surface area contributed by atoms with Crippen molar-refractivity contribution in [2.75, 3.05) is 19.5 Å². The molecule has 0 radical (unpaired) electrons. The molecule has 0 spiro atoms. The highest BCUT2D eigenvalue weighted by Gasteiger charge is 2.15. The fraction of sp³-hybridized carbons (Fsp3) is 0.571. The van der Waals surface area contributed by atoms with E-state index in [4.69, 9.17) is 14.6 Å². The number of methoxy groups -OCH3 is 1. The number of hydrogen-bond donors (Lipinski definition) is 1. The van der Waals surface area contributed by atoms with Crippen molar-refractivity contribution in [1.29, 1.82) is 0 Å². The number of sulfonamides is 1. The largest absolute Gasteiger partial charge is 0.497 e. The highest BCUT2D eigenvalue weighted by Crippen LogP contribution is 2.15. The van der Waals surface area contributed by atoms with Gasteiger partial charge in [-0.1, -0.05) is 25.5 Å². The number of primary sulfonamides is 1. The van der Waals surface area contributed by atoms with Gasteiger partial charge < -0.3 is 9.47 Å². The van der Waals surface area contributed by atoms with Gasteiger partial charge in [-0.25, -0.2) is 13.6 Å². The fourth-order valence-corrected chi connectivity index (χ4v) is 2.98. The predicted molar refractivity (Wildman–Crippen MR) is 79.0 cm³/mol. The second-order valence-electron chi connectivity index (χ2n) is 4.85. The van der Waals surface area contributed by atoms with Crippen molar-refractivity contribution in [3.8, 4) is 5.75 Å². The van der Waals surface area contributed by atoms with Crippen molar-refractivity contribution in [2.24, 2.45) is 11.1 Å². The second kappa shape index (κ2) is 8.24. The Kier molecular flexibility index (Phi) is 6.98. The Labute approximate surface area is 121 Å². The summed E-state index contributed by atoms with van der Waals surface area (Å²) in [7, 11) is -1.84. The molecule has 0 amide bonds. The van der Waals surface area contributed by atoms with Gasteiger partial charge >= 0.3 is 0 Å². The summed E-state index contributed by atoms with van der Waals surface area (Å²) < 4.78 is 33.0. The van der Waals surface area contributed by atoms with E-state index in [1.807, 2.05) is 31.2 Å². The van der Waals surface area contributed by atoms with Crippen LogP contribution in [0.4, 0.5) is 0 Å². The van der Waals surface area contributed by atoms with Crippen LogP contribution >= 0.6 is 0 Å². The maximum Gasteiger partial charge on any atom is 0.209 e. The molecule has 6 heteroatoms. The van der Waals surface area contributed by atoms with Gasteiger partial charge in [0.15, 0.2) is 0 Å². The maximum atomic E-state index is 11.1. The topological polar surface area (TPSA) is 78.6 Å². The van der Waals surface area contributed by atoms with Gasteiger partial charge in [-0.2, -0.15) is 0 Å². The van der Waals surface area contributed by atoms with Crippen molar-refractivity contribution in [1.82, 2.24) is 0 Å². The van der Waals surface area contributed by atoms with Gasteiger partial charge in [-0.3, -0.25) is 0 Å². The molecule has 2 N–H and O–H groups in total. The summed E-state index contributed by atoms with van der Waals surface area (Å²) in [5.74, 6) is 0.695. The van der Waals surface area contributed by atoms with Gasteiger partial charge in [0, 0.05) is 0 Å². The molecule has 1 unspecified atom stereocenters. The standard InChI is InChI=1S/C14H23NO4S/c1-3-5-13(11-20(15,16)17)10-19-9-12-6-4-7-14(8-12)18-2/h4,6-8,13H,3,5,9-11H2,1-2H3,(H2,15,16,17). The Bertz CT molecular complexity index is 502. The minimum atomic E-state index is -3.45. The molecule has 0 aliphatic rings. The lowest BCUT2D eigenvalue weighted by Crippen LogP contribution is -2.26. The molecule has 0 aliphatic carbocycles. The summed E-state index contributed by atoms with van der Waals surface area (Å²) in [6.45, 7) is 2.84. The third-order valence-corrected chi connectivity index (χ3v) is 3.86. The van der Waals surface area contributed by atoms with E-state index in [1.54, 1.807) is 7.11 Å². The minimum Gasteiger partial charge on any atom is -0.497 e. The molecule has 5 nitrogen and oxygen atoms in total. The lowest BCUT2D eigenvalue weighted by atomic mass is 10.1. The molecule has 0 aliphatic heterocycles. The van der Waals surface area contributed by atoms with Gasteiger partial charge in [-0.05, 0) is 30.0 Å². The number of hydrogen-bond acceptors (Lipinski definition) is 4. The third kappa shape index (κ3) is 6.88. The Balaban J connectivity index is 2.47. The molecule has 1 rings (SSSR count). The van der Waals surface area contributed by atoms with E-state index in [9.17, 15) is 8.42 Å². The van der Waals surface area contributed by atoms with E-state index in [1.165, 1.54) is 0 Å². The van der Waals surface area contributed by atoms with Gasteiger partial charge in [0.05, 0.1) is 26.1 Å². The lowest BCUT2D eigenvalue weighted by Gasteiger charge is -2.15. The molecule has 1 aromatic rings. The van der Waals surface area contributed by atoms with Crippen LogP contribution in [0.15, 0.2) is 24.3 Å². The molecule has 0 bridgehead atoms. The van der Waals surface area contributed by atoms with Crippen LogP contribution in [0, 0.1) is 5.92 Å². The number of rotatable bonds is 9. The highest BCUT2D eigenvalue weighted by molar-refractivity contribution is 7.89. The van der Waals surface area contributed by atoms with E-state index in [0.717, 1.165) is 24.2 Å². The number of benzene rings is 1. The summed E-state index contributed by atoms with van der Waals surface area (Å²) >= 11 is 0. The van der Waals surface area contributed by atoms with Crippen molar-refractivity contribution >= 4 is 10.0 Å². The first-order chi connectivity index (χ1) is 9.44. The molecule has 1 aromatic carbocycles. The molecule has 114 valence electrons. The predicted octanol–water partition coefficient (Wildman–Crippen LogP) is 1.92. The van der Waals surface area contributed by atoms with Gasteiger partial charge in [-0.15, -0.1) is 0 Å². The molecule has 0 aromatic heterocycles. The lowest BCUT2D eigenvalue weighted by molar-refractivity contribution is 0.0900. The maximum absolute atomic E-state index is 11.1. The van der Waals surface area contributed by atoms with Crippen molar-refractivity contribution in [2.45, 2.75) is 26.4 Å². The summed E-state index contributed by atoms with van der Waals surface area (Å²) in [5.41, 5.74) is 0.996. The zero-order valence-corrected chi connectivity index (χ0v) is 12.9. The number of nitrogens with two attached hydrogens (primary N) is 1. The fourth-order valence-electron chi connectivity index (χ4n) is 2.06. The van der Waals surface area contributed by atoms with Crippen LogP contribution in [0.25, 0.3) is 0 Å². The zero-order valence-electron chi connectivity index (χ0n) is 12.0. The van der Waals surface area contributed by atoms with Crippen LogP contribution in [0.5, 0.6) is 5.75 Å². The first kappa shape index (κ1) is 16.9. The summed E-state index contributed by atoms with van der Waals surface area (Å²) in [4.78, 5) is 0. The third-order valence-electron chi connectivity index (χ3n) is 2.92. The molecule has 0 heterocycles. The van der Waals surface area contributed by atoms with Crippen LogP contribution < -0.4 is 9.88 Å². The average Bonchev–Trinajstić information content (AvgIpc) is 2.37. The zero-order chi connectivity index (χ0) is 15.0. The molecule has 0 fully saturated rings. The Hall–Kier alpha value is -1.11. The molecular weight excluding hydrogens is 278 g/mol. The molecule has 0 saturated heterocycles. The second-order valence-corrected chi connectivity index (χ2v) is 6.51. The van der Waals surface area contributed by atoms with Crippen LogP contribution in [0.2, 0.25) is 0 Å². The highest BCUT2D eigenvalue weighted by atomic mass is 32.2. The first-order valence-corrected chi connectivity index (χ1v) is 8.37. The van der Waals surface area contributed by atoms with Crippen molar-refractivity contribution in [3.05, 3.63) is 29.8 Å². The van der Waals surface area contributed by atoms with E-state index in [0.29, 0.717) is 13.2 Å². The average molecular weight is 301 g/mol. The van der Waals surface area contributed by atoms with E-state index < -0.39 is 10.0 Å². The van der Waals surface area contributed by atoms with Gasteiger partial charge in [0.25, 0.3) is 0 Å². The normalized spacial score (nSPS) is 13.2. The van der Waals surface area contributed by atoms with E-state index >= 15 is 0 Å². The Morgan fingerprint density at radius 1 is 1.35 bits per heavy atom. The molecule has 1 atom stereocenters. The quantitative estimate of drug-likeness (QED) is 0.755. The van der Waals surface area contributed by atoms with Gasteiger partial charge in [0.2, 0.25) is 10.0 Å². The molecule has 0 saturated carbocycles. The summed E-state index contributed by atoms with van der Waals surface area (Å²) in [5, 5.41) is 5.09. The van der Waals surface area contributed by atoms with Crippen molar-refractivity contribution < 1.29 is 17.9 Å². The van der Waals surface area contributed by atoms with Crippen LogP contribution in [0.3, 0.4) is 0 Å². The van der Waals surface area contributed by atoms with Crippen LogP contribution in [-0.2, 0) is 21.4 Å². The smallest absolute Gasteiger partial charge is 0.209 e. The Morgan fingerprint density at radius 2 is 2.10 bits per heavy atom.